The minimum absolute atomic E-state index is 0.0724. The van der Waals surface area contributed by atoms with E-state index >= 15 is 0 Å². The highest BCUT2D eigenvalue weighted by molar-refractivity contribution is 5.92. The summed E-state index contributed by atoms with van der Waals surface area (Å²) >= 11 is 0. The van der Waals surface area contributed by atoms with Crippen molar-refractivity contribution in [3.8, 4) is 0 Å². The number of carbonyl (C=O) groups is 1. The highest BCUT2D eigenvalue weighted by Gasteiger charge is 2.18. The fraction of sp³-hybridized carbons (Fsp3) is 0.524. The third-order valence-corrected chi connectivity index (χ3v) is 5.12. The number of amides is 1. The first-order valence-electron chi connectivity index (χ1n) is 10.0. The summed E-state index contributed by atoms with van der Waals surface area (Å²) < 4.78 is 2.10. The molecule has 0 saturated carbocycles. The van der Waals surface area contributed by atoms with Gasteiger partial charge in [0.15, 0.2) is 0 Å². The molecule has 6 heteroatoms. The molecule has 1 aliphatic rings. The molecular weight excluding hydrogens is 338 g/mol. The SMILES string of the molecule is CCCCc1ccc(NC(=O)CN2CCN(CCn3ccnc3)CC2)cc1. The van der Waals surface area contributed by atoms with E-state index in [1.807, 2.05) is 30.9 Å². The van der Waals surface area contributed by atoms with E-state index in [1.165, 1.54) is 18.4 Å². The molecule has 1 N–H and O–H groups in total. The molecule has 0 radical (unpaired) electrons. The van der Waals surface area contributed by atoms with Crippen LogP contribution in [0, 0.1) is 0 Å². The lowest BCUT2D eigenvalue weighted by Crippen LogP contribution is -2.49. The Morgan fingerprint density at radius 1 is 1.07 bits per heavy atom. The first-order valence-corrected chi connectivity index (χ1v) is 10.0. The lowest BCUT2D eigenvalue weighted by molar-refractivity contribution is -0.117. The van der Waals surface area contributed by atoms with Gasteiger partial charge in [0, 0.05) is 57.3 Å². The number of imidazole rings is 1. The number of hydrogen-bond acceptors (Lipinski definition) is 4. The molecule has 1 amide bonds. The van der Waals surface area contributed by atoms with Crippen LogP contribution < -0.4 is 5.32 Å². The molecule has 0 spiro atoms. The first kappa shape index (κ1) is 19.6. The topological polar surface area (TPSA) is 53.4 Å². The van der Waals surface area contributed by atoms with Crippen LogP contribution in [0.25, 0.3) is 0 Å². The smallest absolute Gasteiger partial charge is 0.238 e. The van der Waals surface area contributed by atoms with E-state index in [-0.39, 0.29) is 5.91 Å². The molecule has 1 aliphatic heterocycles. The van der Waals surface area contributed by atoms with Crippen molar-refractivity contribution < 1.29 is 4.79 Å². The number of unbranched alkanes of at least 4 members (excludes halogenated alkanes) is 1. The normalized spacial score (nSPS) is 15.7. The van der Waals surface area contributed by atoms with Crippen molar-refractivity contribution in [1.29, 1.82) is 0 Å². The standard InChI is InChI=1S/C21H31N5O/c1-2-3-4-19-5-7-20(8-6-19)23-21(27)17-25-14-11-24(12-15-25)13-16-26-10-9-22-18-26/h5-10,18H,2-4,11-17H2,1H3,(H,23,27). The van der Waals surface area contributed by atoms with E-state index in [4.69, 9.17) is 0 Å². The highest BCUT2D eigenvalue weighted by Crippen LogP contribution is 2.12. The summed E-state index contributed by atoms with van der Waals surface area (Å²) in [7, 11) is 0. The number of hydrogen-bond donors (Lipinski definition) is 1. The second kappa shape index (κ2) is 10.2. The number of rotatable bonds is 9. The van der Waals surface area contributed by atoms with Crippen molar-refractivity contribution >= 4 is 11.6 Å². The van der Waals surface area contributed by atoms with Gasteiger partial charge in [0.05, 0.1) is 12.9 Å². The molecule has 1 saturated heterocycles. The average Bonchev–Trinajstić information content (AvgIpc) is 3.20. The van der Waals surface area contributed by atoms with Crippen molar-refractivity contribution in [2.24, 2.45) is 0 Å². The van der Waals surface area contributed by atoms with Gasteiger partial charge in [-0.3, -0.25) is 14.6 Å². The van der Waals surface area contributed by atoms with E-state index in [9.17, 15) is 4.79 Å². The second-order valence-corrected chi connectivity index (χ2v) is 7.27. The van der Waals surface area contributed by atoms with Crippen LogP contribution in [0.15, 0.2) is 43.0 Å². The number of anilines is 1. The molecule has 0 unspecified atom stereocenters. The van der Waals surface area contributed by atoms with Crippen LogP contribution in [-0.2, 0) is 17.8 Å². The largest absolute Gasteiger partial charge is 0.336 e. The summed E-state index contributed by atoms with van der Waals surface area (Å²) in [5, 5.41) is 3.02. The molecule has 2 heterocycles. The van der Waals surface area contributed by atoms with Gasteiger partial charge >= 0.3 is 0 Å². The van der Waals surface area contributed by atoms with Crippen molar-refractivity contribution in [3.05, 3.63) is 48.5 Å². The van der Waals surface area contributed by atoms with Gasteiger partial charge in [-0.25, -0.2) is 4.98 Å². The third kappa shape index (κ3) is 6.48. The quantitative estimate of drug-likeness (QED) is 0.738. The molecule has 1 aromatic heterocycles. The monoisotopic (exact) mass is 369 g/mol. The predicted molar refractivity (Wildman–Crippen MR) is 109 cm³/mol. The maximum atomic E-state index is 12.3. The fourth-order valence-corrected chi connectivity index (χ4v) is 3.39. The van der Waals surface area contributed by atoms with Gasteiger partial charge in [-0.2, -0.15) is 0 Å². The number of piperazine rings is 1. The number of nitrogens with zero attached hydrogens (tertiary/aromatic N) is 4. The van der Waals surface area contributed by atoms with Gasteiger partial charge in [-0.1, -0.05) is 25.5 Å². The van der Waals surface area contributed by atoms with Crippen LogP contribution >= 0.6 is 0 Å². The molecule has 3 rings (SSSR count). The maximum Gasteiger partial charge on any atom is 0.238 e. The Balaban J connectivity index is 1.35. The van der Waals surface area contributed by atoms with Crippen LogP contribution in [0.3, 0.4) is 0 Å². The van der Waals surface area contributed by atoms with Crippen LogP contribution in [0.4, 0.5) is 5.69 Å². The Morgan fingerprint density at radius 3 is 2.48 bits per heavy atom. The van der Waals surface area contributed by atoms with E-state index < -0.39 is 0 Å². The summed E-state index contributed by atoms with van der Waals surface area (Å²) in [5.41, 5.74) is 2.22. The highest BCUT2D eigenvalue weighted by atomic mass is 16.2. The molecule has 146 valence electrons. The summed E-state index contributed by atoms with van der Waals surface area (Å²) in [6, 6.07) is 8.25. The first-order chi connectivity index (χ1) is 13.2. The van der Waals surface area contributed by atoms with Crippen molar-refractivity contribution in [1.82, 2.24) is 19.4 Å². The maximum absolute atomic E-state index is 12.3. The fourth-order valence-electron chi connectivity index (χ4n) is 3.39. The lowest BCUT2D eigenvalue weighted by atomic mass is 10.1. The molecular formula is C21H31N5O. The molecule has 0 bridgehead atoms. The van der Waals surface area contributed by atoms with Gasteiger partial charge in [0.2, 0.25) is 5.91 Å². The minimum Gasteiger partial charge on any atom is -0.336 e. The Bertz CT molecular complexity index is 675. The summed E-state index contributed by atoms with van der Waals surface area (Å²) in [5.74, 6) is 0.0724. The van der Waals surface area contributed by atoms with Crippen molar-refractivity contribution in [2.45, 2.75) is 32.7 Å². The number of benzene rings is 1. The average molecular weight is 370 g/mol. The van der Waals surface area contributed by atoms with Crippen LogP contribution in [0.5, 0.6) is 0 Å². The Kier molecular flexibility index (Phi) is 7.42. The molecule has 1 fully saturated rings. The zero-order chi connectivity index (χ0) is 18.9. The Hall–Kier alpha value is -2.18. The van der Waals surface area contributed by atoms with Crippen molar-refractivity contribution in [3.63, 3.8) is 0 Å². The second-order valence-electron chi connectivity index (χ2n) is 7.27. The zero-order valence-electron chi connectivity index (χ0n) is 16.3. The molecule has 0 aliphatic carbocycles. The summed E-state index contributed by atoms with van der Waals surface area (Å²) in [6.07, 6.45) is 9.19. The van der Waals surface area contributed by atoms with Crippen molar-refractivity contribution in [2.75, 3.05) is 44.6 Å². The third-order valence-electron chi connectivity index (χ3n) is 5.12. The van der Waals surface area contributed by atoms with E-state index in [0.29, 0.717) is 6.54 Å². The zero-order valence-corrected chi connectivity index (χ0v) is 16.3. The van der Waals surface area contributed by atoms with E-state index in [0.717, 1.165) is 51.4 Å². The van der Waals surface area contributed by atoms with E-state index in [2.05, 4.69) is 43.7 Å². The number of aromatic nitrogens is 2. The number of carbonyl (C=O) groups excluding carboxylic acids is 1. The minimum atomic E-state index is 0.0724. The molecule has 0 atom stereocenters. The van der Waals surface area contributed by atoms with Gasteiger partial charge in [-0.05, 0) is 30.5 Å². The molecule has 2 aromatic rings. The summed E-state index contributed by atoms with van der Waals surface area (Å²) in [4.78, 5) is 21.1. The Morgan fingerprint density at radius 2 is 1.81 bits per heavy atom. The van der Waals surface area contributed by atoms with Gasteiger partial charge < -0.3 is 9.88 Å². The van der Waals surface area contributed by atoms with Gasteiger partial charge in [0.25, 0.3) is 0 Å². The molecule has 27 heavy (non-hydrogen) atoms. The molecule has 1 aromatic carbocycles. The van der Waals surface area contributed by atoms with Crippen LogP contribution in [0.1, 0.15) is 25.3 Å². The van der Waals surface area contributed by atoms with Crippen LogP contribution in [-0.4, -0.2) is 64.5 Å². The van der Waals surface area contributed by atoms with E-state index in [1.54, 1.807) is 0 Å². The number of nitrogens with one attached hydrogen (secondary N) is 1. The lowest BCUT2D eigenvalue weighted by Gasteiger charge is -2.34. The van der Waals surface area contributed by atoms with Gasteiger partial charge in [0.1, 0.15) is 0 Å². The Labute approximate surface area is 162 Å². The molecule has 6 nitrogen and oxygen atoms in total. The van der Waals surface area contributed by atoms with Crippen LogP contribution in [0.2, 0.25) is 0 Å². The number of aryl methyl sites for hydroxylation is 1. The predicted octanol–water partition coefficient (Wildman–Crippen LogP) is 2.48. The van der Waals surface area contributed by atoms with Gasteiger partial charge in [-0.15, -0.1) is 0 Å². The summed E-state index contributed by atoms with van der Waals surface area (Å²) in [6.45, 7) is 8.55.